The van der Waals surface area contributed by atoms with Crippen LogP contribution in [0.2, 0.25) is 0 Å². The first-order valence-electron chi connectivity index (χ1n) is 5.73. The van der Waals surface area contributed by atoms with Crippen molar-refractivity contribution in [2.75, 3.05) is 13.6 Å². The Morgan fingerprint density at radius 3 is 2.45 bits per heavy atom. The molecule has 1 aromatic carbocycles. The Hall–Kier alpha value is -0.660. The number of hydrogen-bond donors (Lipinski definition) is 0. The summed E-state index contributed by atoms with van der Waals surface area (Å²) < 4.78 is 36.3. The Bertz CT molecular complexity index is 634. The largest absolute Gasteiger partial charge is 0.341 e. The van der Waals surface area contributed by atoms with Crippen molar-refractivity contribution in [2.24, 2.45) is 5.92 Å². The van der Waals surface area contributed by atoms with E-state index in [-0.39, 0.29) is 16.0 Å². The van der Waals surface area contributed by atoms with E-state index < -0.39 is 25.7 Å². The van der Waals surface area contributed by atoms with Crippen LogP contribution in [-0.2, 0) is 9.05 Å². The van der Waals surface area contributed by atoms with Crippen LogP contribution in [0.5, 0.6) is 0 Å². The molecule has 0 saturated carbocycles. The highest BCUT2D eigenvalue weighted by Crippen LogP contribution is 2.27. The first-order chi connectivity index (χ1) is 9.04. The summed E-state index contributed by atoms with van der Waals surface area (Å²) in [4.78, 5) is 13.0. The van der Waals surface area contributed by atoms with Gasteiger partial charge in [-0.3, -0.25) is 4.79 Å². The van der Waals surface area contributed by atoms with Crippen molar-refractivity contribution in [3.05, 3.63) is 28.0 Å². The normalized spacial score (nSPS) is 11.8. The highest BCUT2D eigenvalue weighted by atomic mass is 79.9. The number of hydrogen-bond acceptors (Lipinski definition) is 3. The standard InChI is InChI=1S/C12H14BrClFNO3S/c1-7(2)6-16(3)12(17)8-4-11(20(14,18)19)10(15)5-9(8)13/h4-5,7H,6H2,1-3H3. The highest BCUT2D eigenvalue weighted by molar-refractivity contribution is 9.10. The zero-order valence-corrected chi connectivity index (χ0v) is 14.3. The minimum Gasteiger partial charge on any atom is -0.341 e. The first kappa shape index (κ1) is 17.4. The predicted molar refractivity (Wildman–Crippen MR) is 78.9 cm³/mol. The summed E-state index contributed by atoms with van der Waals surface area (Å²) in [5.41, 5.74) is 0.0498. The van der Waals surface area contributed by atoms with Crippen LogP contribution in [0.3, 0.4) is 0 Å². The molecule has 0 radical (unpaired) electrons. The number of rotatable bonds is 4. The van der Waals surface area contributed by atoms with E-state index in [9.17, 15) is 17.6 Å². The van der Waals surface area contributed by atoms with Crippen LogP contribution in [0.15, 0.2) is 21.5 Å². The second kappa shape index (κ2) is 6.41. The van der Waals surface area contributed by atoms with Gasteiger partial charge in [-0.2, -0.15) is 0 Å². The Morgan fingerprint density at radius 2 is 2.00 bits per heavy atom. The van der Waals surface area contributed by atoms with Gasteiger partial charge in [-0.1, -0.05) is 13.8 Å². The number of benzene rings is 1. The molecule has 112 valence electrons. The molecule has 0 bridgehead atoms. The molecule has 0 N–H and O–H groups in total. The molecule has 0 saturated heterocycles. The highest BCUT2D eigenvalue weighted by Gasteiger charge is 2.23. The van der Waals surface area contributed by atoms with Crippen molar-refractivity contribution in [3.8, 4) is 0 Å². The van der Waals surface area contributed by atoms with Gasteiger partial charge in [-0.05, 0) is 34.0 Å². The van der Waals surface area contributed by atoms with Crippen LogP contribution < -0.4 is 0 Å². The molecule has 1 rings (SSSR count). The summed E-state index contributed by atoms with van der Waals surface area (Å²) >= 11 is 3.06. The molecule has 0 unspecified atom stereocenters. The molecule has 8 heteroatoms. The second-order valence-electron chi connectivity index (χ2n) is 4.78. The predicted octanol–water partition coefficient (Wildman–Crippen LogP) is 3.24. The lowest BCUT2D eigenvalue weighted by Crippen LogP contribution is -2.30. The summed E-state index contributed by atoms with van der Waals surface area (Å²) in [7, 11) is 2.49. The van der Waals surface area contributed by atoms with Crippen molar-refractivity contribution in [3.63, 3.8) is 0 Å². The number of nitrogens with zero attached hydrogens (tertiary/aromatic N) is 1. The smallest absolute Gasteiger partial charge is 0.264 e. The molecule has 1 aromatic rings. The molecule has 0 fully saturated rings. The molecule has 0 aliphatic heterocycles. The van der Waals surface area contributed by atoms with Gasteiger partial charge in [0.1, 0.15) is 10.7 Å². The van der Waals surface area contributed by atoms with Crippen molar-refractivity contribution < 1.29 is 17.6 Å². The van der Waals surface area contributed by atoms with Crippen molar-refractivity contribution in [1.82, 2.24) is 4.90 Å². The van der Waals surface area contributed by atoms with E-state index in [1.165, 1.54) is 4.90 Å². The fraction of sp³-hybridized carbons (Fsp3) is 0.417. The lowest BCUT2D eigenvalue weighted by Gasteiger charge is -2.20. The van der Waals surface area contributed by atoms with Gasteiger partial charge in [-0.25, -0.2) is 12.8 Å². The molecule has 0 atom stereocenters. The molecule has 4 nitrogen and oxygen atoms in total. The quantitative estimate of drug-likeness (QED) is 0.747. The third-order valence-electron chi connectivity index (χ3n) is 2.50. The van der Waals surface area contributed by atoms with Crippen LogP contribution in [0.1, 0.15) is 24.2 Å². The van der Waals surface area contributed by atoms with Gasteiger partial charge >= 0.3 is 0 Å². The zero-order valence-electron chi connectivity index (χ0n) is 11.2. The second-order valence-corrected chi connectivity index (χ2v) is 8.17. The van der Waals surface area contributed by atoms with E-state index in [0.717, 1.165) is 12.1 Å². The lowest BCUT2D eigenvalue weighted by atomic mass is 10.1. The Kier molecular flexibility index (Phi) is 5.57. The number of halogens is 3. The molecule has 0 heterocycles. The van der Waals surface area contributed by atoms with E-state index in [0.29, 0.717) is 6.54 Å². The van der Waals surface area contributed by atoms with Crippen LogP contribution >= 0.6 is 26.6 Å². The zero-order chi connectivity index (χ0) is 15.7. The van der Waals surface area contributed by atoms with Crippen molar-refractivity contribution >= 4 is 41.6 Å². The maximum absolute atomic E-state index is 13.6. The minimum atomic E-state index is -4.25. The van der Waals surface area contributed by atoms with E-state index in [2.05, 4.69) is 15.9 Å². The fourth-order valence-corrected chi connectivity index (χ4v) is 3.11. The third kappa shape index (κ3) is 4.17. The van der Waals surface area contributed by atoms with Gasteiger partial charge in [0.25, 0.3) is 15.0 Å². The molecular formula is C12H14BrClFNO3S. The number of amides is 1. The van der Waals surface area contributed by atoms with Gasteiger partial charge in [0.15, 0.2) is 0 Å². The van der Waals surface area contributed by atoms with E-state index in [1.807, 2.05) is 13.8 Å². The molecular weight excluding hydrogens is 373 g/mol. The van der Waals surface area contributed by atoms with Gasteiger partial charge < -0.3 is 4.90 Å². The van der Waals surface area contributed by atoms with E-state index in [4.69, 9.17) is 10.7 Å². The topological polar surface area (TPSA) is 54.5 Å². The van der Waals surface area contributed by atoms with Crippen LogP contribution in [0, 0.1) is 11.7 Å². The Morgan fingerprint density at radius 1 is 1.45 bits per heavy atom. The van der Waals surface area contributed by atoms with Gasteiger partial charge in [-0.15, -0.1) is 0 Å². The SMILES string of the molecule is CC(C)CN(C)C(=O)c1cc(S(=O)(=O)Cl)c(F)cc1Br. The molecule has 1 amide bonds. The fourth-order valence-electron chi connectivity index (χ4n) is 1.72. The summed E-state index contributed by atoms with van der Waals surface area (Å²) in [5, 5.41) is 0. The van der Waals surface area contributed by atoms with Crippen LogP contribution in [-0.4, -0.2) is 32.8 Å². The van der Waals surface area contributed by atoms with E-state index >= 15 is 0 Å². The van der Waals surface area contributed by atoms with Crippen molar-refractivity contribution in [1.29, 1.82) is 0 Å². The number of carbonyl (C=O) groups is 1. The molecule has 0 spiro atoms. The lowest BCUT2D eigenvalue weighted by molar-refractivity contribution is 0.0778. The van der Waals surface area contributed by atoms with Crippen molar-refractivity contribution in [2.45, 2.75) is 18.7 Å². The van der Waals surface area contributed by atoms with Gasteiger partial charge in [0, 0.05) is 28.7 Å². The Labute approximate surface area is 130 Å². The average Bonchev–Trinajstić information content (AvgIpc) is 2.25. The van der Waals surface area contributed by atoms with Gasteiger partial charge in [0.05, 0.1) is 5.56 Å². The Balaban J connectivity index is 3.29. The maximum Gasteiger partial charge on any atom is 0.264 e. The first-order valence-corrected chi connectivity index (χ1v) is 8.83. The summed E-state index contributed by atoms with van der Waals surface area (Å²) in [6.07, 6.45) is 0. The molecule has 0 aliphatic rings. The van der Waals surface area contributed by atoms with Gasteiger partial charge in [0.2, 0.25) is 0 Å². The summed E-state index contributed by atoms with van der Waals surface area (Å²) in [5.74, 6) is -1.17. The molecule has 20 heavy (non-hydrogen) atoms. The average molecular weight is 387 g/mol. The maximum atomic E-state index is 13.6. The minimum absolute atomic E-state index is 0.0498. The molecule has 0 aliphatic carbocycles. The van der Waals surface area contributed by atoms with Crippen LogP contribution in [0.4, 0.5) is 4.39 Å². The van der Waals surface area contributed by atoms with E-state index in [1.54, 1.807) is 7.05 Å². The van der Waals surface area contributed by atoms with Crippen LogP contribution in [0.25, 0.3) is 0 Å². The monoisotopic (exact) mass is 385 g/mol. The number of carbonyl (C=O) groups excluding carboxylic acids is 1. The molecule has 0 aromatic heterocycles. The summed E-state index contributed by atoms with van der Waals surface area (Å²) in [6.45, 7) is 4.38. The third-order valence-corrected chi connectivity index (χ3v) is 4.49. The summed E-state index contributed by atoms with van der Waals surface area (Å²) in [6, 6.07) is 1.87.